The molecule has 1 rings (SSSR count). The van der Waals surface area contributed by atoms with Crippen molar-refractivity contribution in [3.05, 3.63) is 28.3 Å². The van der Waals surface area contributed by atoms with E-state index in [9.17, 15) is 4.79 Å². The molecule has 5 heteroatoms. The molecular weight excluding hydrogens is 230 g/mol. The van der Waals surface area contributed by atoms with Gasteiger partial charge in [0, 0.05) is 0 Å². The molecule has 1 aromatic carbocycles. The molecule has 0 saturated carbocycles. The molecule has 0 aliphatic rings. The van der Waals surface area contributed by atoms with Gasteiger partial charge in [0.1, 0.15) is 11.8 Å². The van der Waals surface area contributed by atoms with Crippen LogP contribution in [0.1, 0.15) is 22.8 Å². The molecule has 0 bridgehead atoms. The maximum Gasteiger partial charge on any atom is 0.339 e. The van der Waals surface area contributed by atoms with Crippen molar-refractivity contribution in [2.24, 2.45) is 0 Å². The first-order chi connectivity index (χ1) is 7.63. The third-order valence-corrected chi connectivity index (χ3v) is 2.22. The van der Waals surface area contributed by atoms with Crippen molar-refractivity contribution in [1.82, 2.24) is 0 Å². The van der Waals surface area contributed by atoms with Crippen molar-refractivity contribution in [1.29, 1.82) is 5.26 Å². The third kappa shape index (κ3) is 2.44. The standard InChI is InChI=1S/C11H10ClNO3/c1-3-16-11(14)8-5-10(15-2)7(6-13)4-9(8)12/h4-5H,3H2,1-2H3. The van der Waals surface area contributed by atoms with Crippen LogP contribution in [0.2, 0.25) is 5.02 Å². The zero-order chi connectivity index (χ0) is 12.1. The van der Waals surface area contributed by atoms with Crippen LogP contribution in [0.3, 0.4) is 0 Å². The van der Waals surface area contributed by atoms with Gasteiger partial charge in [0.05, 0.1) is 29.9 Å². The molecule has 0 N–H and O–H groups in total. The molecule has 0 atom stereocenters. The number of nitrogens with zero attached hydrogens (tertiary/aromatic N) is 1. The number of hydrogen-bond donors (Lipinski definition) is 0. The lowest BCUT2D eigenvalue weighted by Gasteiger charge is -2.08. The topological polar surface area (TPSA) is 59.3 Å². The first-order valence-corrected chi connectivity index (χ1v) is 4.96. The summed E-state index contributed by atoms with van der Waals surface area (Å²) >= 11 is 5.86. The number of rotatable bonds is 3. The molecule has 0 aromatic heterocycles. The number of esters is 1. The van der Waals surface area contributed by atoms with E-state index in [1.165, 1.54) is 19.2 Å². The smallest absolute Gasteiger partial charge is 0.339 e. The van der Waals surface area contributed by atoms with Gasteiger partial charge in [-0.1, -0.05) is 11.6 Å². The Balaban J connectivity index is 3.22. The maximum absolute atomic E-state index is 11.5. The van der Waals surface area contributed by atoms with E-state index >= 15 is 0 Å². The maximum atomic E-state index is 11.5. The summed E-state index contributed by atoms with van der Waals surface area (Å²) < 4.78 is 9.79. The van der Waals surface area contributed by atoms with Gasteiger partial charge in [0.25, 0.3) is 0 Å². The van der Waals surface area contributed by atoms with Crippen molar-refractivity contribution >= 4 is 17.6 Å². The molecule has 4 nitrogen and oxygen atoms in total. The van der Waals surface area contributed by atoms with E-state index in [4.69, 9.17) is 26.3 Å². The Morgan fingerprint density at radius 1 is 1.56 bits per heavy atom. The van der Waals surface area contributed by atoms with Gasteiger partial charge in [0.15, 0.2) is 0 Å². The SMILES string of the molecule is CCOC(=O)c1cc(OC)c(C#N)cc1Cl. The fourth-order valence-corrected chi connectivity index (χ4v) is 1.42. The van der Waals surface area contributed by atoms with Crippen molar-refractivity contribution in [2.75, 3.05) is 13.7 Å². The van der Waals surface area contributed by atoms with Crippen LogP contribution in [-0.2, 0) is 4.74 Å². The van der Waals surface area contributed by atoms with E-state index in [-0.39, 0.29) is 22.8 Å². The van der Waals surface area contributed by atoms with Crippen LogP contribution < -0.4 is 4.74 Å². The highest BCUT2D eigenvalue weighted by molar-refractivity contribution is 6.33. The molecular formula is C11H10ClNO3. The zero-order valence-corrected chi connectivity index (χ0v) is 9.67. The molecule has 0 radical (unpaired) electrons. The van der Waals surface area contributed by atoms with Gasteiger partial charge >= 0.3 is 5.97 Å². The predicted molar refractivity (Wildman–Crippen MR) is 58.7 cm³/mol. The van der Waals surface area contributed by atoms with Crippen LogP contribution in [-0.4, -0.2) is 19.7 Å². The summed E-state index contributed by atoms with van der Waals surface area (Å²) in [6, 6.07) is 4.71. The lowest BCUT2D eigenvalue weighted by atomic mass is 10.1. The minimum Gasteiger partial charge on any atom is -0.495 e. The molecule has 16 heavy (non-hydrogen) atoms. The van der Waals surface area contributed by atoms with Gasteiger partial charge in [-0.2, -0.15) is 5.26 Å². The molecule has 0 aliphatic heterocycles. The second-order valence-corrected chi connectivity index (χ2v) is 3.27. The van der Waals surface area contributed by atoms with E-state index in [1.54, 1.807) is 6.92 Å². The molecule has 84 valence electrons. The number of benzene rings is 1. The Kier molecular flexibility index (Phi) is 4.15. The second-order valence-electron chi connectivity index (χ2n) is 2.86. The van der Waals surface area contributed by atoms with E-state index in [2.05, 4.69) is 0 Å². The van der Waals surface area contributed by atoms with E-state index in [0.717, 1.165) is 0 Å². The van der Waals surface area contributed by atoms with Crippen molar-refractivity contribution in [3.63, 3.8) is 0 Å². The van der Waals surface area contributed by atoms with Gasteiger partial charge in [-0.25, -0.2) is 4.79 Å². The summed E-state index contributed by atoms with van der Waals surface area (Å²) in [5.74, 6) is -0.231. The fraction of sp³-hybridized carbons (Fsp3) is 0.273. The van der Waals surface area contributed by atoms with Crippen LogP contribution in [0.25, 0.3) is 0 Å². The van der Waals surface area contributed by atoms with Gasteiger partial charge in [-0.05, 0) is 19.1 Å². The first kappa shape index (κ1) is 12.3. The quantitative estimate of drug-likeness (QED) is 0.760. The summed E-state index contributed by atoms with van der Waals surface area (Å²) in [5.41, 5.74) is 0.472. The molecule has 0 heterocycles. The molecule has 0 saturated heterocycles. The van der Waals surface area contributed by atoms with Crippen molar-refractivity contribution in [3.8, 4) is 11.8 Å². The number of carbonyl (C=O) groups excluding carboxylic acids is 1. The monoisotopic (exact) mass is 239 g/mol. The minimum absolute atomic E-state index is 0.177. The van der Waals surface area contributed by atoms with E-state index in [0.29, 0.717) is 5.75 Å². The van der Waals surface area contributed by atoms with Crippen LogP contribution >= 0.6 is 11.6 Å². The number of ether oxygens (including phenoxy) is 2. The molecule has 1 aromatic rings. The number of hydrogen-bond acceptors (Lipinski definition) is 4. The van der Waals surface area contributed by atoms with E-state index < -0.39 is 5.97 Å². The largest absolute Gasteiger partial charge is 0.495 e. The van der Waals surface area contributed by atoms with Gasteiger partial charge in [0.2, 0.25) is 0 Å². The highest BCUT2D eigenvalue weighted by Crippen LogP contribution is 2.27. The van der Waals surface area contributed by atoms with Crippen LogP contribution in [0, 0.1) is 11.3 Å². The van der Waals surface area contributed by atoms with Crippen molar-refractivity contribution < 1.29 is 14.3 Å². The Labute approximate surface area is 98.3 Å². The van der Waals surface area contributed by atoms with Crippen LogP contribution in [0.15, 0.2) is 12.1 Å². The predicted octanol–water partition coefficient (Wildman–Crippen LogP) is 2.40. The first-order valence-electron chi connectivity index (χ1n) is 4.58. The summed E-state index contributed by atoms with van der Waals surface area (Å²) in [5, 5.41) is 8.98. The number of carbonyl (C=O) groups is 1. The Morgan fingerprint density at radius 2 is 2.25 bits per heavy atom. The molecule has 0 spiro atoms. The highest BCUT2D eigenvalue weighted by atomic mass is 35.5. The van der Waals surface area contributed by atoms with Gasteiger partial charge in [-0.3, -0.25) is 0 Å². The summed E-state index contributed by atoms with van der Waals surface area (Å²) in [4.78, 5) is 11.5. The highest BCUT2D eigenvalue weighted by Gasteiger charge is 2.15. The van der Waals surface area contributed by atoms with Gasteiger partial charge < -0.3 is 9.47 Å². The lowest BCUT2D eigenvalue weighted by Crippen LogP contribution is -2.06. The number of halogens is 1. The average molecular weight is 240 g/mol. The minimum atomic E-state index is -0.532. The van der Waals surface area contributed by atoms with Crippen LogP contribution in [0.5, 0.6) is 5.75 Å². The van der Waals surface area contributed by atoms with E-state index in [1.807, 2.05) is 6.07 Å². The van der Waals surface area contributed by atoms with Gasteiger partial charge in [-0.15, -0.1) is 0 Å². The Morgan fingerprint density at radius 3 is 2.75 bits per heavy atom. The number of nitriles is 1. The zero-order valence-electron chi connectivity index (χ0n) is 8.91. The number of methoxy groups -OCH3 is 1. The Hall–Kier alpha value is -1.73. The second kappa shape index (κ2) is 5.38. The molecule has 0 amide bonds. The Bertz CT molecular complexity index is 451. The molecule has 0 fully saturated rings. The summed E-state index contributed by atoms with van der Waals surface area (Å²) in [7, 11) is 1.42. The summed E-state index contributed by atoms with van der Waals surface area (Å²) in [6.45, 7) is 1.96. The molecule has 0 aliphatic carbocycles. The van der Waals surface area contributed by atoms with Crippen molar-refractivity contribution in [2.45, 2.75) is 6.92 Å². The summed E-state index contributed by atoms with van der Waals surface area (Å²) in [6.07, 6.45) is 0. The van der Waals surface area contributed by atoms with Crippen LogP contribution in [0.4, 0.5) is 0 Å². The fourth-order valence-electron chi connectivity index (χ4n) is 1.17. The third-order valence-electron chi connectivity index (χ3n) is 1.90. The molecule has 0 unspecified atom stereocenters. The average Bonchev–Trinajstić information content (AvgIpc) is 2.28. The lowest BCUT2D eigenvalue weighted by molar-refractivity contribution is 0.0526. The normalized spacial score (nSPS) is 9.38.